The van der Waals surface area contributed by atoms with Gasteiger partial charge >= 0.3 is 6.03 Å². The van der Waals surface area contributed by atoms with Gasteiger partial charge in [-0.05, 0) is 61.6 Å². The number of nitrogens with one attached hydrogen (secondary N) is 2. The molecule has 6 nitrogen and oxygen atoms in total. The molecule has 0 aliphatic carbocycles. The standard InChI is InChI=1S/C24H31N3O3S/c1-16-10-11-19(14-18(16)3)26-24(29)27-21(22(28)25-12-7-13-30-4)15-31-23(27)20-9-6-5-8-17(20)2/h5-6,8-11,14,21,23H,7,12-13,15H2,1-4H3,(H,25,28)(H,26,29)/t21-,23-/m1/s1. The van der Waals surface area contributed by atoms with E-state index in [4.69, 9.17) is 4.74 Å². The molecule has 7 heteroatoms. The summed E-state index contributed by atoms with van der Waals surface area (Å²) < 4.78 is 5.05. The minimum atomic E-state index is -0.538. The highest BCUT2D eigenvalue weighted by Gasteiger charge is 2.42. The Morgan fingerprint density at radius 2 is 1.87 bits per heavy atom. The highest BCUT2D eigenvalue weighted by molar-refractivity contribution is 7.99. The molecule has 0 unspecified atom stereocenters. The Morgan fingerprint density at radius 3 is 2.58 bits per heavy atom. The van der Waals surface area contributed by atoms with Crippen molar-refractivity contribution in [2.24, 2.45) is 0 Å². The number of hydrogen-bond donors (Lipinski definition) is 2. The molecule has 166 valence electrons. The molecule has 1 fully saturated rings. The zero-order valence-electron chi connectivity index (χ0n) is 18.6. The molecule has 3 amide bonds. The Balaban J connectivity index is 1.83. The minimum absolute atomic E-state index is 0.130. The smallest absolute Gasteiger partial charge is 0.323 e. The number of thioether (sulfide) groups is 1. The second-order valence-electron chi connectivity index (χ2n) is 7.83. The summed E-state index contributed by atoms with van der Waals surface area (Å²) in [6.45, 7) is 7.20. The summed E-state index contributed by atoms with van der Waals surface area (Å²) in [7, 11) is 1.64. The maximum absolute atomic E-state index is 13.4. The Bertz CT molecular complexity index is 934. The predicted octanol–water partition coefficient (Wildman–Crippen LogP) is 4.41. The van der Waals surface area contributed by atoms with Gasteiger partial charge in [-0.1, -0.05) is 30.3 Å². The second kappa shape index (κ2) is 10.7. The van der Waals surface area contributed by atoms with Gasteiger partial charge in [0.25, 0.3) is 0 Å². The number of amides is 3. The van der Waals surface area contributed by atoms with Crippen LogP contribution in [-0.2, 0) is 9.53 Å². The predicted molar refractivity (Wildman–Crippen MR) is 126 cm³/mol. The van der Waals surface area contributed by atoms with Crippen molar-refractivity contribution < 1.29 is 14.3 Å². The molecule has 2 aromatic carbocycles. The van der Waals surface area contributed by atoms with Gasteiger partial charge in [0.15, 0.2) is 0 Å². The van der Waals surface area contributed by atoms with Crippen molar-refractivity contribution in [3.8, 4) is 0 Å². The van der Waals surface area contributed by atoms with Gasteiger partial charge in [-0.15, -0.1) is 11.8 Å². The van der Waals surface area contributed by atoms with Crippen molar-refractivity contribution in [2.75, 3.05) is 31.3 Å². The van der Waals surface area contributed by atoms with Crippen LogP contribution in [0.3, 0.4) is 0 Å². The number of carbonyl (C=O) groups is 2. The molecular weight excluding hydrogens is 410 g/mol. The van der Waals surface area contributed by atoms with Crippen LogP contribution < -0.4 is 10.6 Å². The third-order valence-electron chi connectivity index (χ3n) is 5.57. The van der Waals surface area contributed by atoms with E-state index in [-0.39, 0.29) is 17.3 Å². The van der Waals surface area contributed by atoms with Crippen LogP contribution in [0, 0.1) is 20.8 Å². The number of ether oxygens (including phenoxy) is 1. The summed E-state index contributed by atoms with van der Waals surface area (Å²) in [6.07, 6.45) is 0.734. The van der Waals surface area contributed by atoms with Crippen molar-refractivity contribution in [3.05, 3.63) is 64.7 Å². The van der Waals surface area contributed by atoms with Crippen LogP contribution in [0.1, 0.15) is 34.0 Å². The van der Waals surface area contributed by atoms with Gasteiger partial charge in [-0.25, -0.2) is 4.79 Å². The van der Waals surface area contributed by atoms with E-state index in [1.165, 1.54) is 5.56 Å². The number of benzene rings is 2. The normalized spacial score (nSPS) is 18.1. The lowest BCUT2D eigenvalue weighted by molar-refractivity contribution is -0.124. The van der Waals surface area contributed by atoms with Crippen LogP contribution in [0.4, 0.5) is 10.5 Å². The molecule has 2 atom stereocenters. The van der Waals surface area contributed by atoms with Gasteiger partial charge in [-0.2, -0.15) is 0 Å². The van der Waals surface area contributed by atoms with Gasteiger partial charge in [0, 0.05) is 31.7 Å². The van der Waals surface area contributed by atoms with Gasteiger partial charge < -0.3 is 15.4 Å². The lowest BCUT2D eigenvalue weighted by Gasteiger charge is -2.30. The highest BCUT2D eigenvalue weighted by atomic mass is 32.2. The maximum atomic E-state index is 13.4. The fraction of sp³-hybridized carbons (Fsp3) is 0.417. The number of methoxy groups -OCH3 is 1. The fourth-order valence-electron chi connectivity index (χ4n) is 3.61. The van der Waals surface area contributed by atoms with Crippen LogP contribution in [-0.4, -0.2) is 48.9 Å². The third-order valence-corrected chi connectivity index (χ3v) is 6.88. The van der Waals surface area contributed by atoms with Crippen molar-refractivity contribution in [3.63, 3.8) is 0 Å². The number of aryl methyl sites for hydroxylation is 3. The van der Waals surface area contributed by atoms with E-state index in [2.05, 4.69) is 10.6 Å². The topological polar surface area (TPSA) is 70.7 Å². The number of hydrogen-bond acceptors (Lipinski definition) is 4. The summed E-state index contributed by atoms with van der Waals surface area (Å²) in [4.78, 5) is 28.0. The molecule has 0 bridgehead atoms. The average Bonchev–Trinajstić information content (AvgIpc) is 3.19. The van der Waals surface area contributed by atoms with E-state index in [1.807, 2.05) is 63.2 Å². The molecule has 3 rings (SSSR count). The van der Waals surface area contributed by atoms with Crippen LogP contribution >= 0.6 is 11.8 Å². The summed E-state index contributed by atoms with van der Waals surface area (Å²) in [5.41, 5.74) is 5.16. The summed E-state index contributed by atoms with van der Waals surface area (Å²) in [6, 6.07) is 13.1. The molecule has 1 saturated heterocycles. The Morgan fingerprint density at radius 1 is 1.10 bits per heavy atom. The number of anilines is 1. The Labute approximate surface area is 188 Å². The summed E-state index contributed by atoms with van der Waals surface area (Å²) in [5.74, 6) is 0.421. The van der Waals surface area contributed by atoms with Crippen molar-refractivity contribution >= 4 is 29.4 Å². The first-order chi connectivity index (χ1) is 14.9. The number of urea groups is 1. The van der Waals surface area contributed by atoms with Crippen LogP contribution in [0.25, 0.3) is 0 Å². The minimum Gasteiger partial charge on any atom is -0.385 e. The van der Waals surface area contributed by atoms with Gasteiger partial charge in [0.1, 0.15) is 11.4 Å². The molecule has 31 heavy (non-hydrogen) atoms. The van der Waals surface area contributed by atoms with E-state index < -0.39 is 6.04 Å². The number of carbonyl (C=O) groups excluding carboxylic acids is 2. The quantitative estimate of drug-likeness (QED) is 0.625. The van der Waals surface area contributed by atoms with E-state index in [0.717, 1.165) is 28.8 Å². The molecule has 2 N–H and O–H groups in total. The van der Waals surface area contributed by atoms with Gasteiger partial charge in [-0.3, -0.25) is 9.69 Å². The zero-order valence-corrected chi connectivity index (χ0v) is 19.4. The van der Waals surface area contributed by atoms with Crippen LogP contribution in [0.2, 0.25) is 0 Å². The van der Waals surface area contributed by atoms with E-state index in [0.29, 0.717) is 18.9 Å². The molecule has 0 radical (unpaired) electrons. The summed E-state index contributed by atoms with van der Waals surface area (Å²) in [5, 5.41) is 5.74. The third kappa shape index (κ3) is 5.60. The molecule has 0 saturated carbocycles. The van der Waals surface area contributed by atoms with Crippen LogP contribution in [0.5, 0.6) is 0 Å². The lowest BCUT2D eigenvalue weighted by atomic mass is 10.1. The van der Waals surface area contributed by atoms with Gasteiger partial charge in [0.05, 0.1) is 0 Å². The lowest BCUT2D eigenvalue weighted by Crippen LogP contribution is -2.49. The Hall–Kier alpha value is -2.51. The first-order valence-electron chi connectivity index (χ1n) is 10.5. The largest absolute Gasteiger partial charge is 0.385 e. The first-order valence-corrected chi connectivity index (χ1v) is 11.6. The molecule has 0 spiro atoms. The molecular formula is C24H31N3O3S. The van der Waals surface area contributed by atoms with Crippen molar-refractivity contribution in [1.29, 1.82) is 0 Å². The van der Waals surface area contributed by atoms with Crippen LogP contribution in [0.15, 0.2) is 42.5 Å². The molecule has 0 aromatic heterocycles. The number of rotatable bonds is 7. The summed E-state index contributed by atoms with van der Waals surface area (Å²) >= 11 is 1.62. The van der Waals surface area contributed by atoms with E-state index in [1.54, 1.807) is 23.8 Å². The number of nitrogens with zero attached hydrogens (tertiary/aromatic N) is 1. The van der Waals surface area contributed by atoms with Crippen molar-refractivity contribution in [1.82, 2.24) is 10.2 Å². The maximum Gasteiger partial charge on any atom is 0.323 e. The monoisotopic (exact) mass is 441 g/mol. The molecule has 2 aromatic rings. The fourth-order valence-corrected chi connectivity index (χ4v) is 5.14. The average molecular weight is 442 g/mol. The SMILES string of the molecule is COCCCNC(=O)[C@H]1CS[C@H](c2ccccc2C)N1C(=O)Nc1ccc(C)c(C)c1. The van der Waals surface area contributed by atoms with E-state index >= 15 is 0 Å². The highest BCUT2D eigenvalue weighted by Crippen LogP contribution is 2.42. The second-order valence-corrected chi connectivity index (χ2v) is 8.95. The first kappa shape index (κ1) is 23.2. The van der Waals surface area contributed by atoms with Crippen molar-refractivity contribution in [2.45, 2.75) is 38.6 Å². The molecule has 1 heterocycles. The Kier molecular flexibility index (Phi) is 7.98. The van der Waals surface area contributed by atoms with E-state index in [9.17, 15) is 9.59 Å². The molecule has 1 aliphatic heterocycles. The van der Waals surface area contributed by atoms with Gasteiger partial charge in [0.2, 0.25) is 5.91 Å². The molecule has 1 aliphatic rings. The zero-order chi connectivity index (χ0) is 22.4.